The van der Waals surface area contributed by atoms with Gasteiger partial charge < -0.3 is 4.74 Å². The summed E-state index contributed by atoms with van der Waals surface area (Å²) >= 11 is 0. The highest BCUT2D eigenvalue weighted by Crippen LogP contribution is 2.60. The summed E-state index contributed by atoms with van der Waals surface area (Å²) in [6.07, 6.45) is 9.16. The van der Waals surface area contributed by atoms with Gasteiger partial charge in [-0.2, -0.15) is 0 Å². The molecular formula is C38H33N3O6. The second kappa shape index (κ2) is 11.2. The number of imide groups is 2. The largest absolute Gasteiger partial charge is 0.488 e. The van der Waals surface area contributed by atoms with E-state index in [0.29, 0.717) is 22.6 Å². The Hall–Kier alpha value is -5.31. The van der Waals surface area contributed by atoms with Crippen LogP contribution in [0.15, 0.2) is 90.5 Å². The summed E-state index contributed by atoms with van der Waals surface area (Å²) in [6.45, 7) is 0.105. The van der Waals surface area contributed by atoms with E-state index >= 15 is 0 Å². The van der Waals surface area contributed by atoms with Crippen LogP contribution < -0.4 is 15.0 Å². The van der Waals surface area contributed by atoms with Crippen LogP contribution in [0.1, 0.15) is 55.2 Å². The molecule has 1 heterocycles. The van der Waals surface area contributed by atoms with Gasteiger partial charge in [-0.1, -0.05) is 42.5 Å². The lowest BCUT2D eigenvalue weighted by atomic mass is 9.48. The van der Waals surface area contributed by atoms with Crippen molar-refractivity contribution < 1.29 is 24.0 Å². The Balaban J connectivity index is 1.10. The highest BCUT2D eigenvalue weighted by Gasteiger charge is 2.51. The number of nitrogens with zero attached hydrogens (tertiary/aromatic N) is 2. The number of barbiturate groups is 1. The van der Waals surface area contributed by atoms with Crippen molar-refractivity contribution in [1.82, 2.24) is 5.32 Å². The zero-order valence-electron chi connectivity index (χ0n) is 25.7. The SMILES string of the molecule is O=C1NC(=O)N(c2ccc(C34CC5CC(CC(C5)C3)C4)cc2)C(=O)/C1=C/c1c(OCc2ccc([N+](=O)[O-])cc2)ccc2ccccc12. The van der Waals surface area contributed by atoms with Gasteiger partial charge in [0.25, 0.3) is 17.5 Å². The number of anilines is 1. The highest BCUT2D eigenvalue weighted by atomic mass is 16.6. The molecule has 4 aromatic rings. The first-order valence-electron chi connectivity index (χ1n) is 16.2. The molecule has 9 rings (SSSR count). The molecule has 1 aliphatic heterocycles. The monoisotopic (exact) mass is 627 g/mol. The van der Waals surface area contributed by atoms with Crippen LogP contribution in [0.5, 0.6) is 5.75 Å². The number of urea groups is 1. The summed E-state index contributed by atoms with van der Waals surface area (Å²) < 4.78 is 6.15. The van der Waals surface area contributed by atoms with Crippen molar-refractivity contribution in [2.24, 2.45) is 17.8 Å². The number of carbonyl (C=O) groups is 3. The van der Waals surface area contributed by atoms with Crippen LogP contribution in [0.25, 0.3) is 16.8 Å². The lowest BCUT2D eigenvalue weighted by Gasteiger charge is -2.57. The minimum Gasteiger partial charge on any atom is -0.488 e. The van der Waals surface area contributed by atoms with Crippen LogP contribution >= 0.6 is 0 Å². The predicted molar refractivity (Wildman–Crippen MR) is 177 cm³/mol. The predicted octanol–water partition coefficient (Wildman–Crippen LogP) is 7.46. The van der Waals surface area contributed by atoms with E-state index < -0.39 is 22.8 Å². The number of rotatable bonds is 7. The van der Waals surface area contributed by atoms with Crippen LogP contribution in [-0.2, 0) is 21.6 Å². The number of non-ortho nitro benzene ring substituents is 1. The van der Waals surface area contributed by atoms with Gasteiger partial charge in [0.1, 0.15) is 17.9 Å². The van der Waals surface area contributed by atoms with Crippen molar-refractivity contribution in [3.05, 3.63) is 117 Å². The lowest BCUT2D eigenvalue weighted by Crippen LogP contribution is -2.54. The van der Waals surface area contributed by atoms with Gasteiger partial charge in [-0.05, 0) is 120 Å². The third kappa shape index (κ3) is 5.16. The zero-order valence-corrected chi connectivity index (χ0v) is 25.7. The molecule has 4 aromatic carbocycles. The lowest BCUT2D eigenvalue weighted by molar-refractivity contribution is -0.384. The number of nitrogens with one attached hydrogen (secondary N) is 1. The third-order valence-electron chi connectivity index (χ3n) is 10.6. The average Bonchev–Trinajstić information content (AvgIpc) is 3.05. The second-order valence-electron chi connectivity index (χ2n) is 13.6. The molecule has 236 valence electrons. The molecule has 0 spiro atoms. The van der Waals surface area contributed by atoms with Crippen molar-refractivity contribution >= 4 is 46.1 Å². The van der Waals surface area contributed by atoms with Crippen LogP contribution in [-0.4, -0.2) is 22.8 Å². The van der Waals surface area contributed by atoms with Gasteiger partial charge in [0.05, 0.1) is 10.6 Å². The number of nitro groups is 1. The van der Waals surface area contributed by atoms with E-state index in [1.165, 1.54) is 62.3 Å². The molecule has 0 unspecified atom stereocenters. The third-order valence-corrected chi connectivity index (χ3v) is 10.6. The normalized spacial score (nSPS) is 25.8. The van der Waals surface area contributed by atoms with Crippen LogP contribution in [0.4, 0.5) is 16.2 Å². The van der Waals surface area contributed by atoms with Gasteiger partial charge >= 0.3 is 6.03 Å². The number of amides is 4. The number of hydrogen-bond acceptors (Lipinski definition) is 6. The van der Waals surface area contributed by atoms with Crippen molar-refractivity contribution in [3.8, 4) is 5.75 Å². The van der Waals surface area contributed by atoms with Crippen LogP contribution in [0, 0.1) is 27.9 Å². The van der Waals surface area contributed by atoms with E-state index in [4.69, 9.17) is 4.74 Å². The number of carbonyl (C=O) groups excluding carboxylic acids is 3. The fraction of sp³-hybridized carbons (Fsp3) is 0.289. The fourth-order valence-electron chi connectivity index (χ4n) is 8.89. The summed E-state index contributed by atoms with van der Waals surface area (Å²) in [6, 6.07) is 24.2. The van der Waals surface area contributed by atoms with Crippen molar-refractivity contribution in [2.75, 3.05) is 4.90 Å². The highest BCUT2D eigenvalue weighted by molar-refractivity contribution is 6.39. The maximum atomic E-state index is 14.0. The van der Waals surface area contributed by atoms with Gasteiger partial charge in [0.2, 0.25) is 0 Å². The summed E-state index contributed by atoms with van der Waals surface area (Å²) in [7, 11) is 0. The van der Waals surface area contributed by atoms with Crippen molar-refractivity contribution in [1.29, 1.82) is 0 Å². The maximum absolute atomic E-state index is 14.0. The van der Waals surface area contributed by atoms with E-state index in [9.17, 15) is 24.5 Å². The molecular weight excluding hydrogens is 594 g/mol. The zero-order chi connectivity index (χ0) is 32.3. The Morgan fingerprint density at radius 1 is 0.851 bits per heavy atom. The molecule has 0 radical (unpaired) electrons. The van der Waals surface area contributed by atoms with Crippen molar-refractivity contribution in [2.45, 2.75) is 50.5 Å². The van der Waals surface area contributed by atoms with Gasteiger partial charge in [-0.15, -0.1) is 0 Å². The average molecular weight is 628 g/mol. The molecule has 1 N–H and O–H groups in total. The van der Waals surface area contributed by atoms with Crippen molar-refractivity contribution in [3.63, 3.8) is 0 Å². The summed E-state index contributed by atoms with van der Waals surface area (Å²) in [4.78, 5) is 51.9. The molecule has 9 heteroatoms. The maximum Gasteiger partial charge on any atom is 0.335 e. The summed E-state index contributed by atoms with van der Waals surface area (Å²) in [5, 5.41) is 15.0. The smallest absolute Gasteiger partial charge is 0.335 e. The van der Waals surface area contributed by atoms with E-state index in [2.05, 4.69) is 17.4 Å². The topological polar surface area (TPSA) is 119 Å². The van der Waals surface area contributed by atoms with E-state index in [-0.39, 0.29) is 23.3 Å². The summed E-state index contributed by atoms with van der Waals surface area (Å²) in [5.74, 6) is 1.31. The first-order chi connectivity index (χ1) is 22.8. The van der Waals surface area contributed by atoms with E-state index in [1.807, 2.05) is 42.5 Å². The molecule has 9 nitrogen and oxygen atoms in total. The van der Waals surface area contributed by atoms with Gasteiger partial charge in [0, 0.05) is 17.7 Å². The summed E-state index contributed by atoms with van der Waals surface area (Å²) in [5.41, 5.74) is 2.88. The minimum atomic E-state index is -0.785. The molecule has 0 atom stereocenters. The Labute approximate surface area is 271 Å². The Morgan fingerprint density at radius 3 is 2.17 bits per heavy atom. The Morgan fingerprint density at radius 2 is 1.51 bits per heavy atom. The number of fused-ring (bicyclic) bond motifs is 1. The van der Waals surface area contributed by atoms with Gasteiger partial charge in [-0.25, -0.2) is 9.69 Å². The fourth-order valence-corrected chi connectivity index (χ4v) is 8.89. The molecule has 5 aliphatic rings. The molecule has 5 fully saturated rings. The Bertz CT molecular complexity index is 1950. The molecule has 4 amide bonds. The standard InChI is InChI=1S/C38H33N3O6/c42-35-33(18-32-31-4-2-1-3-27(31)7-14-34(32)47-22-23-5-10-30(11-6-23)41(45)46)36(43)40(37(44)39-35)29-12-8-28(9-13-29)38-19-24-15-25(20-38)17-26(16-24)21-38/h1-14,18,24-26H,15-17,19-22H2,(H,39,42,44)/b33-18+. The molecule has 4 saturated carbocycles. The van der Waals surface area contributed by atoms with Gasteiger partial charge in [0.15, 0.2) is 0 Å². The molecule has 4 bridgehead atoms. The van der Waals surface area contributed by atoms with Gasteiger partial charge in [-0.3, -0.25) is 25.0 Å². The first-order valence-corrected chi connectivity index (χ1v) is 16.2. The second-order valence-corrected chi connectivity index (χ2v) is 13.6. The number of benzene rings is 4. The quantitative estimate of drug-likeness (QED) is 0.0983. The molecule has 47 heavy (non-hydrogen) atoms. The number of nitro benzene ring substituents is 1. The van der Waals surface area contributed by atoms with E-state index in [0.717, 1.165) is 33.4 Å². The van der Waals surface area contributed by atoms with E-state index in [1.54, 1.807) is 18.2 Å². The van der Waals surface area contributed by atoms with Crippen LogP contribution in [0.3, 0.4) is 0 Å². The van der Waals surface area contributed by atoms with Crippen LogP contribution in [0.2, 0.25) is 0 Å². The number of hydrogen-bond donors (Lipinski definition) is 1. The minimum absolute atomic E-state index is 0.0202. The molecule has 1 saturated heterocycles. The Kier molecular flexibility index (Phi) is 6.93. The first kappa shape index (κ1) is 29.1. The molecule has 0 aromatic heterocycles. The number of ether oxygens (including phenoxy) is 1. The molecule has 4 aliphatic carbocycles.